The Bertz CT molecular complexity index is 594. The van der Waals surface area contributed by atoms with Gasteiger partial charge in [-0.2, -0.15) is 0 Å². The number of aromatic nitrogens is 5. The fraction of sp³-hybridized carbons (Fsp3) is 0. The smallest absolute Gasteiger partial charge is 0.184 e. The summed E-state index contributed by atoms with van der Waals surface area (Å²) in [5.41, 5.74) is 6.45. The minimum atomic E-state index is 0.448. The maximum absolute atomic E-state index is 5.70. The first-order valence-electron chi connectivity index (χ1n) is 4.42. The summed E-state index contributed by atoms with van der Waals surface area (Å²) in [5, 5.41) is 0. The molecule has 0 spiro atoms. The van der Waals surface area contributed by atoms with Gasteiger partial charge in [-0.15, -0.1) is 0 Å². The lowest BCUT2D eigenvalue weighted by atomic mass is 10.5. The first kappa shape index (κ1) is 7.98. The normalized spacial score (nSPS) is 10.9. The summed E-state index contributed by atoms with van der Waals surface area (Å²) in [6.45, 7) is 0. The van der Waals surface area contributed by atoms with E-state index in [4.69, 9.17) is 5.73 Å². The quantitative estimate of drug-likeness (QED) is 0.620. The van der Waals surface area contributed by atoms with Crippen molar-refractivity contribution in [3.63, 3.8) is 0 Å². The Labute approximate surface area is 85.0 Å². The number of anilines is 1. The van der Waals surface area contributed by atoms with Crippen LogP contribution in [-0.2, 0) is 0 Å². The zero-order chi connectivity index (χ0) is 10.3. The summed E-state index contributed by atoms with van der Waals surface area (Å²) < 4.78 is 3.61. The fourth-order valence-electron chi connectivity index (χ4n) is 1.49. The highest BCUT2D eigenvalue weighted by Gasteiger charge is 2.07. The highest BCUT2D eigenvalue weighted by molar-refractivity contribution is 5.57. The van der Waals surface area contributed by atoms with Crippen LogP contribution in [0.25, 0.3) is 11.5 Å². The summed E-state index contributed by atoms with van der Waals surface area (Å²) in [7, 11) is 0. The number of imidazole rings is 2. The van der Waals surface area contributed by atoms with E-state index >= 15 is 0 Å². The van der Waals surface area contributed by atoms with Gasteiger partial charge < -0.3 is 10.1 Å². The molecule has 74 valence electrons. The van der Waals surface area contributed by atoms with Crippen molar-refractivity contribution in [2.24, 2.45) is 0 Å². The largest absolute Gasteiger partial charge is 0.382 e. The molecule has 3 aromatic heterocycles. The Morgan fingerprint density at radius 3 is 2.93 bits per heavy atom. The maximum Gasteiger partial charge on any atom is 0.184 e. The second-order valence-corrected chi connectivity index (χ2v) is 3.12. The molecular formula is C9H8N6. The fourth-order valence-corrected chi connectivity index (χ4v) is 1.49. The molecule has 0 saturated carbocycles. The molecular weight excluding hydrogens is 192 g/mol. The van der Waals surface area contributed by atoms with Crippen LogP contribution in [0.3, 0.4) is 0 Å². The van der Waals surface area contributed by atoms with Crippen molar-refractivity contribution in [3.05, 3.63) is 37.3 Å². The molecule has 0 unspecified atom stereocenters. The molecule has 3 rings (SSSR count). The lowest BCUT2D eigenvalue weighted by Gasteiger charge is -2.04. The van der Waals surface area contributed by atoms with Crippen LogP contribution in [-0.4, -0.2) is 23.9 Å². The lowest BCUT2D eigenvalue weighted by molar-refractivity contribution is 0.974. The van der Waals surface area contributed by atoms with Crippen molar-refractivity contribution < 1.29 is 0 Å². The second-order valence-electron chi connectivity index (χ2n) is 3.12. The van der Waals surface area contributed by atoms with Gasteiger partial charge in [-0.3, -0.25) is 4.57 Å². The van der Waals surface area contributed by atoms with Gasteiger partial charge in [0.1, 0.15) is 12.1 Å². The predicted octanol–water partition coefficient (Wildman–Crippen LogP) is 0.497. The van der Waals surface area contributed by atoms with E-state index in [9.17, 15) is 0 Å². The molecule has 0 fully saturated rings. The first-order valence-corrected chi connectivity index (χ1v) is 4.42. The topological polar surface area (TPSA) is 74.0 Å². The van der Waals surface area contributed by atoms with E-state index < -0.39 is 0 Å². The highest BCUT2D eigenvalue weighted by Crippen LogP contribution is 2.13. The van der Waals surface area contributed by atoms with Gasteiger partial charge in [-0.25, -0.2) is 15.0 Å². The van der Waals surface area contributed by atoms with E-state index in [0.29, 0.717) is 11.6 Å². The third kappa shape index (κ3) is 1.15. The van der Waals surface area contributed by atoms with Gasteiger partial charge in [-0.05, 0) is 0 Å². The molecule has 0 amide bonds. The molecule has 0 aliphatic carbocycles. The summed E-state index contributed by atoms with van der Waals surface area (Å²) in [6.07, 6.45) is 10.4. The Hall–Kier alpha value is -2.37. The number of nitrogens with two attached hydrogens (primary N) is 1. The zero-order valence-corrected chi connectivity index (χ0v) is 7.78. The van der Waals surface area contributed by atoms with Crippen LogP contribution in [0.4, 0.5) is 5.82 Å². The highest BCUT2D eigenvalue weighted by atomic mass is 15.2. The third-order valence-corrected chi connectivity index (χ3v) is 2.12. The van der Waals surface area contributed by atoms with Crippen molar-refractivity contribution in [2.45, 2.75) is 0 Å². The minimum absolute atomic E-state index is 0.448. The van der Waals surface area contributed by atoms with E-state index in [0.717, 1.165) is 5.65 Å². The summed E-state index contributed by atoms with van der Waals surface area (Å²) in [5.74, 6) is 1.13. The predicted molar refractivity (Wildman–Crippen MR) is 54.5 cm³/mol. The Balaban J connectivity index is 2.38. The minimum Gasteiger partial charge on any atom is -0.382 e. The van der Waals surface area contributed by atoms with Gasteiger partial charge in [0.2, 0.25) is 0 Å². The van der Waals surface area contributed by atoms with Crippen molar-refractivity contribution >= 4 is 11.5 Å². The second kappa shape index (κ2) is 2.81. The number of nitrogen functional groups attached to an aromatic ring is 1. The monoisotopic (exact) mass is 200 g/mol. The van der Waals surface area contributed by atoms with Crippen molar-refractivity contribution in [1.29, 1.82) is 0 Å². The molecule has 6 nitrogen and oxygen atoms in total. The van der Waals surface area contributed by atoms with Gasteiger partial charge in [-0.1, -0.05) is 0 Å². The van der Waals surface area contributed by atoms with E-state index in [-0.39, 0.29) is 0 Å². The molecule has 0 bridgehead atoms. The lowest BCUT2D eigenvalue weighted by Crippen LogP contribution is -2.03. The first-order chi connectivity index (χ1) is 7.34. The standard InChI is InChI=1S/C9H8N6/c10-7-5-14-4-2-12-8(14)9(13-7)15-3-1-11-6-15/h1-6H,10H2. The molecule has 0 saturated heterocycles. The van der Waals surface area contributed by atoms with Crippen LogP contribution in [0.5, 0.6) is 0 Å². The van der Waals surface area contributed by atoms with Crippen molar-refractivity contribution in [2.75, 3.05) is 5.73 Å². The molecule has 0 aliphatic heterocycles. The zero-order valence-electron chi connectivity index (χ0n) is 7.78. The van der Waals surface area contributed by atoms with Gasteiger partial charge in [0.05, 0.1) is 6.20 Å². The van der Waals surface area contributed by atoms with E-state index in [1.165, 1.54) is 0 Å². The van der Waals surface area contributed by atoms with Gasteiger partial charge in [0, 0.05) is 24.8 Å². The Kier molecular flexibility index (Phi) is 1.49. The maximum atomic E-state index is 5.70. The third-order valence-electron chi connectivity index (χ3n) is 2.12. The molecule has 0 aromatic carbocycles. The van der Waals surface area contributed by atoms with Crippen LogP contribution in [0.15, 0.2) is 37.3 Å². The van der Waals surface area contributed by atoms with Crippen LogP contribution in [0, 0.1) is 0 Å². The van der Waals surface area contributed by atoms with Crippen LogP contribution < -0.4 is 5.73 Å². The van der Waals surface area contributed by atoms with E-state index in [1.54, 1.807) is 35.7 Å². The van der Waals surface area contributed by atoms with Gasteiger partial charge in [0.15, 0.2) is 11.5 Å². The molecule has 2 N–H and O–H groups in total. The SMILES string of the molecule is Nc1cn2ccnc2c(-n2ccnc2)n1. The number of nitrogens with zero attached hydrogens (tertiary/aromatic N) is 5. The molecule has 6 heteroatoms. The Morgan fingerprint density at radius 1 is 1.20 bits per heavy atom. The van der Waals surface area contributed by atoms with Crippen molar-refractivity contribution in [3.8, 4) is 5.82 Å². The van der Waals surface area contributed by atoms with Crippen LogP contribution >= 0.6 is 0 Å². The molecule has 15 heavy (non-hydrogen) atoms. The molecule has 0 aliphatic rings. The molecule has 3 aromatic rings. The molecule has 0 radical (unpaired) electrons. The van der Waals surface area contributed by atoms with Gasteiger partial charge >= 0.3 is 0 Å². The van der Waals surface area contributed by atoms with Crippen LogP contribution in [0.2, 0.25) is 0 Å². The Morgan fingerprint density at radius 2 is 2.13 bits per heavy atom. The number of hydrogen-bond donors (Lipinski definition) is 1. The summed E-state index contributed by atoms with van der Waals surface area (Å²) in [6, 6.07) is 0. The van der Waals surface area contributed by atoms with Gasteiger partial charge in [0.25, 0.3) is 0 Å². The number of fused-ring (bicyclic) bond motifs is 1. The average molecular weight is 200 g/mol. The van der Waals surface area contributed by atoms with Crippen LogP contribution in [0.1, 0.15) is 0 Å². The average Bonchev–Trinajstić information content (AvgIpc) is 2.86. The summed E-state index contributed by atoms with van der Waals surface area (Å²) in [4.78, 5) is 12.4. The summed E-state index contributed by atoms with van der Waals surface area (Å²) >= 11 is 0. The van der Waals surface area contributed by atoms with E-state index in [2.05, 4.69) is 15.0 Å². The van der Waals surface area contributed by atoms with E-state index in [1.807, 2.05) is 10.6 Å². The number of hydrogen-bond acceptors (Lipinski definition) is 4. The molecule has 0 atom stereocenters. The number of rotatable bonds is 1. The molecule has 3 heterocycles. The van der Waals surface area contributed by atoms with Crippen molar-refractivity contribution in [1.82, 2.24) is 23.9 Å².